The van der Waals surface area contributed by atoms with Crippen molar-refractivity contribution in [2.45, 2.75) is 19.3 Å². The molecule has 2 aromatic rings. The van der Waals surface area contributed by atoms with Crippen molar-refractivity contribution in [1.82, 2.24) is 4.98 Å². The van der Waals surface area contributed by atoms with E-state index < -0.39 is 11.4 Å². The summed E-state index contributed by atoms with van der Waals surface area (Å²) in [5, 5.41) is 12.5. The number of thiazole rings is 1. The average molecular weight is 316 g/mol. The highest BCUT2D eigenvalue weighted by Gasteiger charge is 2.32. The first-order valence-electron chi connectivity index (χ1n) is 5.48. The molecule has 0 bridgehead atoms. The third-order valence-corrected chi connectivity index (χ3v) is 4.56. The van der Waals surface area contributed by atoms with Gasteiger partial charge in [0.15, 0.2) is 0 Å². The van der Waals surface area contributed by atoms with E-state index in [1.54, 1.807) is 31.4 Å². The predicted molar refractivity (Wildman–Crippen MR) is 78.2 cm³/mol. The normalized spacial score (nSPS) is 11.6. The van der Waals surface area contributed by atoms with E-state index in [-0.39, 0.29) is 0 Å². The third kappa shape index (κ3) is 2.61. The molecule has 1 aromatic carbocycles. The van der Waals surface area contributed by atoms with Gasteiger partial charge in [0.2, 0.25) is 0 Å². The molecule has 0 radical (unpaired) electrons. The zero-order valence-electron chi connectivity index (χ0n) is 10.3. The van der Waals surface area contributed by atoms with Gasteiger partial charge in [0.25, 0.3) is 0 Å². The quantitative estimate of drug-likeness (QED) is 0.908. The number of aliphatic carboxylic acids is 1. The molecule has 0 saturated heterocycles. The fourth-order valence-electron chi connectivity index (χ4n) is 1.46. The molecular formula is C13H11Cl2NO2S. The van der Waals surface area contributed by atoms with Crippen LogP contribution in [0.3, 0.4) is 0 Å². The van der Waals surface area contributed by atoms with Crippen LogP contribution in [0.2, 0.25) is 10.0 Å². The third-order valence-electron chi connectivity index (χ3n) is 2.86. The maximum Gasteiger partial charge on any atom is 0.315 e. The van der Waals surface area contributed by atoms with E-state index >= 15 is 0 Å². The van der Waals surface area contributed by atoms with E-state index in [4.69, 9.17) is 23.2 Å². The smallest absolute Gasteiger partial charge is 0.315 e. The zero-order valence-corrected chi connectivity index (χ0v) is 12.6. The van der Waals surface area contributed by atoms with Gasteiger partial charge in [-0.3, -0.25) is 4.79 Å². The first-order chi connectivity index (χ1) is 8.84. The summed E-state index contributed by atoms with van der Waals surface area (Å²) in [6.45, 7) is 3.24. The summed E-state index contributed by atoms with van der Waals surface area (Å²) in [5.41, 5.74) is 0.197. The number of aromatic nitrogens is 1. The van der Waals surface area contributed by atoms with Gasteiger partial charge in [-0.05, 0) is 19.9 Å². The van der Waals surface area contributed by atoms with Gasteiger partial charge in [-0.1, -0.05) is 35.3 Å². The monoisotopic (exact) mass is 315 g/mol. The van der Waals surface area contributed by atoms with Crippen molar-refractivity contribution < 1.29 is 9.90 Å². The molecule has 0 amide bonds. The van der Waals surface area contributed by atoms with Crippen LogP contribution < -0.4 is 0 Å². The van der Waals surface area contributed by atoms with Crippen LogP contribution in [0.1, 0.15) is 19.5 Å². The number of carboxylic acid groups (broad SMARTS) is 1. The van der Waals surface area contributed by atoms with Gasteiger partial charge >= 0.3 is 5.97 Å². The fraction of sp³-hybridized carbons (Fsp3) is 0.231. The minimum absolute atomic E-state index is 0.429. The second kappa shape index (κ2) is 5.12. The van der Waals surface area contributed by atoms with Crippen molar-refractivity contribution in [2.75, 3.05) is 0 Å². The topological polar surface area (TPSA) is 50.2 Å². The Balaban J connectivity index is 2.47. The van der Waals surface area contributed by atoms with Crippen LogP contribution in [0.15, 0.2) is 23.6 Å². The van der Waals surface area contributed by atoms with Crippen molar-refractivity contribution in [3.05, 3.63) is 39.3 Å². The van der Waals surface area contributed by atoms with Crippen LogP contribution >= 0.6 is 34.5 Å². The highest BCUT2D eigenvalue weighted by Crippen LogP contribution is 2.36. The van der Waals surface area contributed by atoms with Gasteiger partial charge in [0, 0.05) is 10.9 Å². The minimum atomic E-state index is -1.03. The first-order valence-corrected chi connectivity index (χ1v) is 7.11. The lowest BCUT2D eigenvalue weighted by molar-refractivity contribution is -0.142. The molecule has 2 rings (SSSR count). The van der Waals surface area contributed by atoms with Gasteiger partial charge in [-0.2, -0.15) is 0 Å². The minimum Gasteiger partial charge on any atom is -0.481 e. The molecule has 0 unspecified atom stereocenters. The Morgan fingerprint density at radius 2 is 2.05 bits per heavy atom. The van der Waals surface area contributed by atoms with Gasteiger partial charge in [-0.15, -0.1) is 11.3 Å². The molecule has 0 atom stereocenters. The number of carbonyl (C=O) groups is 1. The number of carboxylic acids is 1. The van der Waals surface area contributed by atoms with E-state index in [9.17, 15) is 9.90 Å². The average Bonchev–Trinajstić information content (AvgIpc) is 2.82. The summed E-state index contributed by atoms with van der Waals surface area (Å²) in [6, 6.07) is 5.29. The van der Waals surface area contributed by atoms with Crippen molar-refractivity contribution in [2.24, 2.45) is 0 Å². The standard InChI is InChI=1S/C13H11Cl2NO2S/c1-13(2,12(17)18)9-6-19-11(16-9)7-4-3-5-8(14)10(7)15/h3-6H,1-2H3,(H,17,18). The molecule has 19 heavy (non-hydrogen) atoms. The molecule has 1 aromatic heterocycles. The van der Waals surface area contributed by atoms with Crippen LogP contribution in [-0.2, 0) is 10.2 Å². The number of hydrogen-bond donors (Lipinski definition) is 1. The molecule has 6 heteroatoms. The maximum atomic E-state index is 11.2. The maximum absolute atomic E-state index is 11.2. The molecule has 0 aliphatic heterocycles. The number of rotatable bonds is 3. The lowest BCUT2D eigenvalue weighted by Gasteiger charge is -2.15. The SMILES string of the molecule is CC(C)(C(=O)O)c1csc(-c2cccc(Cl)c2Cl)n1. The summed E-state index contributed by atoms with van der Waals surface area (Å²) in [6.07, 6.45) is 0. The largest absolute Gasteiger partial charge is 0.481 e. The molecule has 1 heterocycles. The van der Waals surface area contributed by atoms with Crippen molar-refractivity contribution in [3.63, 3.8) is 0 Å². The number of hydrogen-bond acceptors (Lipinski definition) is 3. The van der Waals surface area contributed by atoms with Gasteiger partial charge < -0.3 is 5.11 Å². The van der Waals surface area contributed by atoms with E-state index in [0.29, 0.717) is 26.3 Å². The Kier molecular flexibility index (Phi) is 3.85. The molecule has 100 valence electrons. The van der Waals surface area contributed by atoms with Crippen LogP contribution in [0.25, 0.3) is 10.6 Å². The first kappa shape index (κ1) is 14.3. The van der Waals surface area contributed by atoms with Crippen molar-refractivity contribution >= 4 is 40.5 Å². The van der Waals surface area contributed by atoms with E-state index in [0.717, 1.165) is 0 Å². The van der Waals surface area contributed by atoms with Gasteiger partial charge in [0.05, 0.1) is 15.7 Å². The molecule has 0 spiro atoms. The molecule has 1 N–H and O–H groups in total. The van der Waals surface area contributed by atoms with Gasteiger partial charge in [0.1, 0.15) is 10.4 Å². The Hall–Kier alpha value is -1.10. The summed E-state index contributed by atoms with van der Waals surface area (Å²) in [5.74, 6) is -0.915. The van der Waals surface area contributed by atoms with Crippen molar-refractivity contribution in [1.29, 1.82) is 0 Å². The zero-order chi connectivity index (χ0) is 14.2. The van der Waals surface area contributed by atoms with E-state index in [1.165, 1.54) is 11.3 Å². The van der Waals surface area contributed by atoms with Crippen molar-refractivity contribution in [3.8, 4) is 10.6 Å². The predicted octanol–water partition coefficient (Wildman–Crippen LogP) is 4.48. The van der Waals surface area contributed by atoms with Crippen LogP contribution in [0.5, 0.6) is 0 Å². The van der Waals surface area contributed by atoms with Crippen LogP contribution in [-0.4, -0.2) is 16.1 Å². The fourth-order valence-corrected chi connectivity index (χ4v) is 2.93. The molecular weight excluding hydrogens is 305 g/mol. The molecule has 0 fully saturated rings. The lowest BCUT2D eigenvalue weighted by Crippen LogP contribution is -2.28. The summed E-state index contributed by atoms with van der Waals surface area (Å²) in [7, 11) is 0. The van der Waals surface area contributed by atoms with Crippen LogP contribution in [0.4, 0.5) is 0 Å². The summed E-state index contributed by atoms with van der Waals surface area (Å²) in [4.78, 5) is 15.6. The Morgan fingerprint density at radius 3 is 2.68 bits per heavy atom. The number of nitrogens with zero attached hydrogens (tertiary/aromatic N) is 1. The Bertz CT molecular complexity index is 637. The molecule has 0 aliphatic carbocycles. The second-order valence-corrected chi connectivity index (χ2v) is 6.21. The molecule has 0 saturated carbocycles. The van der Waals surface area contributed by atoms with E-state index in [2.05, 4.69) is 4.98 Å². The molecule has 0 aliphatic rings. The summed E-state index contributed by atoms with van der Waals surface area (Å²) >= 11 is 13.4. The second-order valence-electron chi connectivity index (χ2n) is 4.57. The number of halogens is 2. The van der Waals surface area contributed by atoms with Gasteiger partial charge in [-0.25, -0.2) is 4.98 Å². The van der Waals surface area contributed by atoms with E-state index in [1.807, 2.05) is 6.07 Å². The highest BCUT2D eigenvalue weighted by molar-refractivity contribution is 7.13. The molecule has 3 nitrogen and oxygen atoms in total. The Morgan fingerprint density at radius 1 is 1.37 bits per heavy atom. The Labute approximate surface area is 124 Å². The lowest BCUT2D eigenvalue weighted by atomic mass is 9.90. The highest BCUT2D eigenvalue weighted by atomic mass is 35.5. The number of benzene rings is 1. The van der Waals surface area contributed by atoms with Crippen LogP contribution in [0, 0.1) is 0 Å². The summed E-state index contributed by atoms with van der Waals surface area (Å²) < 4.78 is 0.